The van der Waals surface area contributed by atoms with E-state index in [0.29, 0.717) is 0 Å². The smallest absolute Gasteiger partial charge is 0.136 e. The minimum Gasteiger partial charge on any atom is -0.456 e. The van der Waals surface area contributed by atoms with Gasteiger partial charge in [0.2, 0.25) is 0 Å². The molecule has 0 aliphatic heterocycles. The number of nitrogens with zero attached hydrogens (tertiary/aromatic N) is 1. The van der Waals surface area contributed by atoms with Gasteiger partial charge in [-0.15, -0.1) is 0 Å². The molecule has 0 radical (unpaired) electrons. The molecule has 0 saturated carbocycles. The van der Waals surface area contributed by atoms with Crippen molar-refractivity contribution in [3.63, 3.8) is 0 Å². The number of fused-ring (bicyclic) bond motifs is 6. The largest absolute Gasteiger partial charge is 0.456 e. The van der Waals surface area contributed by atoms with Crippen LogP contribution in [0.3, 0.4) is 0 Å². The van der Waals surface area contributed by atoms with E-state index in [1.54, 1.807) is 0 Å². The van der Waals surface area contributed by atoms with Gasteiger partial charge >= 0.3 is 0 Å². The van der Waals surface area contributed by atoms with Crippen LogP contribution in [0, 0.1) is 0 Å². The van der Waals surface area contributed by atoms with Crippen LogP contribution in [0.15, 0.2) is 180 Å². The van der Waals surface area contributed by atoms with Gasteiger partial charge in [0, 0.05) is 27.8 Å². The van der Waals surface area contributed by atoms with Crippen LogP contribution < -0.4 is 4.90 Å². The Morgan fingerprint density at radius 2 is 0.891 bits per heavy atom. The topological polar surface area (TPSA) is 16.4 Å². The molecular weight excluding hydrogens is 558 g/mol. The lowest BCUT2D eigenvalue weighted by Crippen LogP contribution is -2.09. The van der Waals surface area contributed by atoms with Crippen molar-refractivity contribution in [1.82, 2.24) is 0 Å². The van der Waals surface area contributed by atoms with Crippen LogP contribution in [-0.2, 0) is 0 Å². The first kappa shape index (κ1) is 26.3. The Bertz CT molecular complexity index is 2510. The van der Waals surface area contributed by atoms with Gasteiger partial charge in [-0.2, -0.15) is 0 Å². The maximum absolute atomic E-state index is 6.25. The fourth-order valence-corrected chi connectivity index (χ4v) is 6.72. The van der Waals surface area contributed by atoms with Crippen molar-refractivity contribution in [2.75, 3.05) is 4.90 Å². The normalized spacial score (nSPS) is 11.5. The van der Waals surface area contributed by atoms with E-state index in [9.17, 15) is 0 Å². The molecule has 9 aromatic rings. The predicted molar refractivity (Wildman–Crippen MR) is 194 cm³/mol. The first-order valence-electron chi connectivity index (χ1n) is 15.7. The summed E-state index contributed by atoms with van der Waals surface area (Å²) in [5.41, 5.74) is 9.92. The average molecular weight is 588 g/mol. The van der Waals surface area contributed by atoms with Crippen LogP contribution in [0.25, 0.3) is 65.7 Å². The van der Waals surface area contributed by atoms with Crippen molar-refractivity contribution in [3.8, 4) is 22.3 Å². The van der Waals surface area contributed by atoms with Gasteiger partial charge in [0.1, 0.15) is 11.2 Å². The summed E-state index contributed by atoms with van der Waals surface area (Å²) in [6, 6.07) is 62.8. The molecule has 8 aromatic carbocycles. The second-order valence-corrected chi connectivity index (χ2v) is 11.8. The fraction of sp³-hybridized carbons (Fsp3) is 0. The molecule has 0 spiro atoms. The molecule has 2 heteroatoms. The van der Waals surface area contributed by atoms with Gasteiger partial charge in [-0.25, -0.2) is 0 Å². The summed E-state index contributed by atoms with van der Waals surface area (Å²) in [5, 5.41) is 7.16. The lowest BCUT2D eigenvalue weighted by atomic mass is 10.00. The Labute approximate surface area is 267 Å². The summed E-state index contributed by atoms with van der Waals surface area (Å²) >= 11 is 0. The Balaban J connectivity index is 1.19. The van der Waals surface area contributed by atoms with Crippen LogP contribution in [0.4, 0.5) is 17.1 Å². The van der Waals surface area contributed by atoms with Crippen molar-refractivity contribution in [2.45, 2.75) is 0 Å². The molecule has 1 heterocycles. The second kappa shape index (κ2) is 10.8. The summed E-state index contributed by atoms with van der Waals surface area (Å²) < 4.78 is 6.25. The van der Waals surface area contributed by atoms with Gasteiger partial charge in [-0.3, -0.25) is 0 Å². The molecule has 0 unspecified atom stereocenters. The highest BCUT2D eigenvalue weighted by atomic mass is 16.3. The first-order valence-corrected chi connectivity index (χ1v) is 15.7. The van der Waals surface area contributed by atoms with E-state index in [2.05, 4.69) is 169 Å². The summed E-state index contributed by atoms with van der Waals surface area (Å²) in [5.74, 6) is 0. The maximum atomic E-state index is 6.25. The molecule has 1 aromatic heterocycles. The van der Waals surface area contributed by atoms with Crippen molar-refractivity contribution in [2.24, 2.45) is 0 Å². The molecule has 0 aliphatic carbocycles. The number of para-hydroxylation sites is 1. The van der Waals surface area contributed by atoms with Crippen LogP contribution in [0.5, 0.6) is 0 Å². The Morgan fingerprint density at radius 3 is 1.67 bits per heavy atom. The lowest BCUT2D eigenvalue weighted by molar-refractivity contribution is 0.669. The Kier molecular flexibility index (Phi) is 6.17. The molecule has 0 N–H and O–H groups in total. The predicted octanol–water partition coefficient (Wildman–Crippen LogP) is 12.7. The van der Waals surface area contributed by atoms with Crippen LogP contribution in [0.2, 0.25) is 0 Å². The summed E-state index contributed by atoms with van der Waals surface area (Å²) in [7, 11) is 0. The summed E-state index contributed by atoms with van der Waals surface area (Å²) in [6.45, 7) is 0. The number of furan rings is 1. The number of rotatable bonds is 5. The van der Waals surface area contributed by atoms with Gasteiger partial charge in [0.05, 0.1) is 0 Å². The second-order valence-electron chi connectivity index (χ2n) is 11.8. The molecular formula is C44H29NO. The molecule has 46 heavy (non-hydrogen) atoms. The highest BCUT2D eigenvalue weighted by Gasteiger charge is 2.16. The SMILES string of the molecule is c1ccc(-c2ccc(N(c3ccc(-c4ccc5ccccc5c4)cc3)c3ccc4ccc5oc6ccccc6c5c4c3)cc2)cc1. The highest BCUT2D eigenvalue weighted by molar-refractivity contribution is 6.19. The third-order valence-corrected chi connectivity index (χ3v) is 9.04. The standard InChI is InChI=1S/C44H29NO/c1-2-8-30(9-3-1)32-16-22-37(23-17-32)45(38-24-18-33(19-25-38)36-15-14-31-10-4-5-11-35(31)28-36)39-26-20-34-21-27-43-44(41(34)29-39)40-12-6-7-13-42(40)46-43/h1-29H. The summed E-state index contributed by atoms with van der Waals surface area (Å²) in [6.07, 6.45) is 0. The quantitative estimate of drug-likeness (QED) is 0.199. The Morgan fingerprint density at radius 1 is 0.326 bits per heavy atom. The fourth-order valence-electron chi connectivity index (χ4n) is 6.72. The van der Waals surface area contributed by atoms with Gasteiger partial charge in [-0.05, 0) is 98.4 Å². The van der Waals surface area contributed by atoms with E-state index in [1.807, 2.05) is 12.1 Å². The molecule has 0 amide bonds. The molecule has 0 atom stereocenters. The third-order valence-electron chi connectivity index (χ3n) is 9.04. The first-order chi connectivity index (χ1) is 22.8. The molecule has 9 rings (SSSR count). The van der Waals surface area contributed by atoms with Gasteiger partial charge < -0.3 is 9.32 Å². The van der Waals surface area contributed by atoms with Crippen molar-refractivity contribution in [3.05, 3.63) is 176 Å². The Hall–Kier alpha value is -6.12. The average Bonchev–Trinajstić information content (AvgIpc) is 3.52. The molecule has 2 nitrogen and oxygen atoms in total. The summed E-state index contributed by atoms with van der Waals surface area (Å²) in [4.78, 5) is 2.35. The number of benzene rings is 8. The molecule has 216 valence electrons. The molecule has 0 saturated heterocycles. The monoisotopic (exact) mass is 587 g/mol. The van der Waals surface area contributed by atoms with Gasteiger partial charge in [0.15, 0.2) is 0 Å². The zero-order valence-corrected chi connectivity index (χ0v) is 25.1. The van der Waals surface area contributed by atoms with Gasteiger partial charge in [0.25, 0.3) is 0 Å². The number of hydrogen-bond donors (Lipinski definition) is 0. The van der Waals surface area contributed by atoms with Gasteiger partial charge in [-0.1, -0.05) is 121 Å². The van der Waals surface area contributed by atoms with E-state index in [4.69, 9.17) is 4.42 Å². The number of hydrogen-bond acceptors (Lipinski definition) is 2. The minimum atomic E-state index is 0.907. The van der Waals surface area contributed by atoms with E-state index in [0.717, 1.165) is 39.0 Å². The van der Waals surface area contributed by atoms with E-state index in [-0.39, 0.29) is 0 Å². The molecule has 0 bridgehead atoms. The van der Waals surface area contributed by atoms with Crippen molar-refractivity contribution < 1.29 is 4.42 Å². The molecule has 0 aliphatic rings. The van der Waals surface area contributed by atoms with Crippen molar-refractivity contribution in [1.29, 1.82) is 0 Å². The third kappa shape index (κ3) is 4.51. The zero-order chi connectivity index (χ0) is 30.5. The lowest BCUT2D eigenvalue weighted by Gasteiger charge is -2.26. The van der Waals surface area contributed by atoms with Crippen molar-refractivity contribution >= 4 is 60.5 Å². The van der Waals surface area contributed by atoms with E-state index < -0.39 is 0 Å². The maximum Gasteiger partial charge on any atom is 0.136 e. The minimum absolute atomic E-state index is 0.907. The van der Waals surface area contributed by atoms with E-state index in [1.165, 1.54) is 43.8 Å². The van der Waals surface area contributed by atoms with E-state index >= 15 is 0 Å². The van der Waals surface area contributed by atoms with Crippen LogP contribution in [0.1, 0.15) is 0 Å². The van der Waals surface area contributed by atoms with Crippen LogP contribution >= 0.6 is 0 Å². The number of anilines is 3. The highest BCUT2D eigenvalue weighted by Crippen LogP contribution is 2.41. The van der Waals surface area contributed by atoms with Crippen LogP contribution in [-0.4, -0.2) is 0 Å². The molecule has 0 fully saturated rings. The zero-order valence-electron chi connectivity index (χ0n) is 25.1.